The molecule has 0 bridgehead atoms. The first-order valence-corrected chi connectivity index (χ1v) is 13.6. The number of thiazole rings is 1. The van der Waals surface area contributed by atoms with Gasteiger partial charge >= 0.3 is 0 Å². The predicted molar refractivity (Wildman–Crippen MR) is 137 cm³/mol. The molecular weight excluding hydrogens is 508 g/mol. The van der Waals surface area contributed by atoms with Crippen molar-refractivity contribution >= 4 is 49.0 Å². The monoisotopic (exact) mass is 533 g/mol. The van der Waals surface area contributed by atoms with Crippen molar-refractivity contribution < 1.29 is 23.4 Å². The van der Waals surface area contributed by atoms with E-state index in [1.807, 2.05) is 6.92 Å². The third-order valence-corrected chi connectivity index (χ3v) is 8.41. The van der Waals surface area contributed by atoms with Crippen molar-refractivity contribution in [1.82, 2.24) is 14.5 Å². The standard InChI is InChI=1S/C24H23F2N5O3S2.H2/c1-16-14-29(18-2-4-19(5-3-18)36(33,34)28-24-27-7-11-35-24)9-10-31(16)23(32)15-30-8-6-17-12-20(25)21(26)13-22(17)30;/h2-8,11-13,16H,9-10,14-15H2,1H3,(H,27,28);1H. The lowest BCUT2D eigenvalue weighted by molar-refractivity contribution is -0.134. The molecule has 1 atom stereocenters. The van der Waals surface area contributed by atoms with E-state index in [1.165, 1.54) is 17.5 Å². The highest BCUT2D eigenvalue weighted by Gasteiger charge is 2.28. The molecule has 12 heteroatoms. The molecule has 1 saturated heterocycles. The molecular formula is C24H25F2N5O3S2. The van der Waals surface area contributed by atoms with Crippen LogP contribution in [-0.4, -0.2) is 54.5 Å². The Hall–Kier alpha value is -3.51. The lowest BCUT2D eigenvalue weighted by Crippen LogP contribution is -2.54. The fourth-order valence-corrected chi connectivity index (χ4v) is 6.19. The molecule has 8 nitrogen and oxygen atoms in total. The zero-order valence-electron chi connectivity index (χ0n) is 19.3. The van der Waals surface area contributed by atoms with Gasteiger partial charge in [0, 0.05) is 62.0 Å². The summed E-state index contributed by atoms with van der Waals surface area (Å²) in [6, 6.07) is 10.4. The van der Waals surface area contributed by atoms with Crippen molar-refractivity contribution in [3.8, 4) is 0 Å². The minimum Gasteiger partial charge on any atom is -0.368 e. The average Bonchev–Trinajstić information content (AvgIpc) is 3.49. The first kappa shape index (κ1) is 24.2. The van der Waals surface area contributed by atoms with Gasteiger partial charge in [0.15, 0.2) is 16.8 Å². The highest BCUT2D eigenvalue weighted by Crippen LogP contribution is 2.24. The summed E-state index contributed by atoms with van der Waals surface area (Å²) < 4.78 is 56.4. The molecule has 1 amide bonds. The quantitative estimate of drug-likeness (QED) is 0.402. The molecule has 2 aromatic carbocycles. The van der Waals surface area contributed by atoms with Crippen molar-refractivity contribution in [2.24, 2.45) is 0 Å². The van der Waals surface area contributed by atoms with E-state index in [0.717, 1.165) is 17.8 Å². The van der Waals surface area contributed by atoms with E-state index in [4.69, 9.17) is 0 Å². The third kappa shape index (κ3) is 4.78. The van der Waals surface area contributed by atoms with Gasteiger partial charge in [0.2, 0.25) is 5.91 Å². The Morgan fingerprint density at radius 1 is 1.17 bits per heavy atom. The van der Waals surface area contributed by atoms with Crippen LogP contribution in [0.4, 0.5) is 19.6 Å². The van der Waals surface area contributed by atoms with Gasteiger partial charge in [-0.2, -0.15) is 0 Å². The summed E-state index contributed by atoms with van der Waals surface area (Å²) in [7, 11) is -3.73. The van der Waals surface area contributed by atoms with Gasteiger partial charge < -0.3 is 14.4 Å². The van der Waals surface area contributed by atoms with E-state index < -0.39 is 21.7 Å². The number of sulfonamides is 1. The van der Waals surface area contributed by atoms with Crippen molar-refractivity contribution in [3.05, 3.63) is 71.9 Å². The molecule has 0 saturated carbocycles. The second-order valence-electron chi connectivity index (χ2n) is 8.59. The summed E-state index contributed by atoms with van der Waals surface area (Å²) >= 11 is 1.20. The second-order valence-corrected chi connectivity index (χ2v) is 11.2. The Morgan fingerprint density at radius 3 is 2.61 bits per heavy atom. The number of aromatic nitrogens is 2. The third-order valence-electron chi connectivity index (χ3n) is 6.23. The summed E-state index contributed by atoms with van der Waals surface area (Å²) in [6.07, 6.45) is 3.18. The first-order chi connectivity index (χ1) is 17.2. The average molecular weight is 534 g/mol. The zero-order chi connectivity index (χ0) is 25.4. The molecule has 190 valence electrons. The highest BCUT2D eigenvalue weighted by atomic mass is 32.2. The van der Waals surface area contributed by atoms with E-state index in [-0.39, 0.29) is 24.8 Å². The Kier molecular flexibility index (Phi) is 6.39. The zero-order valence-corrected chi connectivity index (χ0v) is 20.9. The Balaban J connectivity index is 0.00000320. The van der Waals surface area contributed by atoms with Crippen LogP contribution in [0.2, 0.25) is 0 Å². The van der Waals surface area contributed by atoms with Crippen LogP contribution in [0.15, 0.2) is 65.1 Å². The number of fused-ring (bicyclic) bond motifs is 1. The van der Waals surface area contributed by atoms with Gasteiger partial charge in [-0.1, -0.05) is 0 Å². The molecule has 4 aromatic rings. The SMILES string of the molecule is CC1CN(c2ccc(S(=O)(=O)Nc3nccs3)cc2)CCN1C(=O)Cn1ccc2cc(F)c(F)cc21.[HH]. The van der Waals surface area contributed by atoms with E-state index in [9.17, 15) is 22.0 Å². The molecule has 1 aliphatic heterocycles. The lowest BCUT2D eigenvalue weighted by atomic mass is 10.1. The summed E-state index contributed by atoms with van der Waals surface area (Å²) in [5, 5.41) is 2.53. The maximum absolute atomic E-state index is 13.7. The normalized spacial score (nSPS) is 16.5. The highest BCUT2D eigenvalue weighted by molar-refractivity contribution is 7.93. The van der Waals surface area contributed by atoms with Crippen LogP contribution in [0.5, 0.6) is 0 Å². The van der Waals surface area contributed by atoms with Gasteiger partial charge in [-0.3, -0.25) is 9.52 Å². The number of nitrogens with zero attached hydrogens (tertiary/aromatic N) is 4. The smallest absolute Gasteiger partial charge is 0.263 e. The molecule has 36 heavy (non-hydrogen) atoms. The molecule has 1 aliphatic rings. The van der Waals surface area contributed by atoms with Crippen LogP contribution in [0, 0.1) is 11.6 Å². The van der Waals surface area contributed by atoms with Crippen LogP contribution in [0.3, 0.4) is 0 Å². The number of carbonyl (C=O) groups is 1. The van der Waals surface area contributed by atoms with Gasteiger partial charge in [0.1, 0.15) is 6.54 Å². The van der Waals surface area contributed by atoms with Crippen LogP contribution in [0.1, 0.15) is 8.35 Å². The fraction of sp³-hybridized carbons (Fsp3) is 0.250. The molecule has 1 N–H and O–H groups in total. The maximum Gasteiger partial charge on any atom is 0.263 e. The Labute approximate surface area is 212 Å². The number of amides is 1. The Bertz CT molecular complexity index is 1510. The summed E-state index contributed by atoms with van der Waals surface area (Å²) in [4.78, 5) is 21.0. The van der Waals surface area contributed by atoms with Gasteiger partial charge in [-0.15, -0.1) is 11.3 Å². The summed E-state index contributed by atoms with van der Waals surface area (Å²) in [6.45, 7) is 3.60. The van der Waals surface area contributed by atoms with Crippen molar-refractivity contribution in [1.29, 1.82) is 0 Å². The number of hydrogen-bond acceptors (Lipinski definition) is 6. The molecule has 0 radical (unpaired) electrons. The van der Waals surface area contributed by atoms with Gasteiger partial charge in [0.05, 0.1) is 10.4 Å². The van der Waals surface area contributed by atoms with E-state index in [1.54, 1.807) is 51.4 Å². The molecule has 5 rings (SSSR count). The maximum atomic E-state index is 13.7. The van der Waals surface area contributed by atoms with Crippen LogP contribution in [0.25, 0.3) is 10.9 Å². The fourth-order valence-electron chi connectivity index (χ4n) is 4.41. The number of rotatable bonds is 6. The van der Waals surface area contributed by atoms with E-state index in [2.05, 4.69) is 14.6 Å². The second kappa shape index (κ2) is 9.51. The van der Waals surface area contributed by atoms with Crippen molar-refractivity contribution in [2.75, 3.05) is 29.3 Å². The predicted octanol–water partition coefficient (Wildman–Crippen LogP) is 4.16. The van der Waals surface area contributed by atoms with Crippen LogP contribution in [-0.2, 0) is 21.4 Å². The minimum atomic E-state index is -3.73. The number of nitrogens with one attached hydrogen (secondary N) is 1. The Morgan fingerprint density at radius 2 is 1.92 bits per heavy atom. The van der Waals surface area contributed by atoms with E-state index in [0.29, 0.717) is 35.7 Å². The largest absolute Gasteiger partial charge is 0.368 e. The van der Waals surface area contributed by atoms with Crippen LogP contribution >= 0.6 is 11.3 Å². The first-order valence-electron chi connectivity index (χ1n) is 11.2. The van der Waals surface area contributed by atoms with E-state index >= 15 is 0 Å². The number of hydrogen-bond donors (Lipinski definition) is 1. The van der Waals surface area contributed by atoms with Gasteiger partial charge in [-0.05, 0) is 43.3 Å². The number of anilines is 2. The molecule has 1 fully saturated rings. The molecule has 3 heterocycles. The number of carbonyl (C=O) groups excluding carboxylic acids is 1. The molecule has 1 unspecified atom stereocenters. The summed E-state index contributed by atoms with van der Waals surface area (Å²) in [5.74, 6) is -1.98. The molecule has 0 spiro atoms. The van der Waals surface area contributed by atoms with Gasteiger partial charge in [0.25, 0.3) is 10.0 Å². The number of halogens is 2. The van der Waals surface area contributed by atoms with Gasteiger partial charge in [-0.25, -0.2) is 22.2 Å². The van der Waals surface area contributed by atoms with Crippen molar-refractivity contribution in [3.63, 3.8) is 0 Å². The minimum absolute atomic E-state index is 0. The van der Waals surface area contributed by atoms with Crippen molar-refractivity contribution in [2.45, 2.75) is 24.4 Å². The molecule has 0 aliphatic carbocycles. The number of benzene rings is 2. The van der Waals surface area contributed by atoms with Crippen LogP contribution < -0.4 is 9.62 Å². The topological polar surface area (TPSA) is 87.5 Å². The number of piperazine rings is 1. The molecule has 2 aromatic heterocycles. The summed E-state index contributed by atoms with van der Waals surface area (Å²) in [5.41, 5.74) is 1.32. The lowest BCUT2D eigenvalue weighted by Gasteiger charge is -2.41.